The summed E-state index contributed by atoms with van der Waals surface area (Å²) in [5.41, 5.74) is 1.42. The van der Waals surface area contributed by atoms with Gasteiger partial charge in [0.05, 0.1) is 8.93 Å². The summed E-state index contributed by atoms with van der Waals surface area (Å²) in [5, 5.41) is 6.39. The maximum atomic E-state index is 12.1. The largest absolute Gasteiger partial charge is 0.358 e. The molecule has 112 valence electrons. The summed E-state index contributed by atoms with van der Waals surface area (Å²) < 4.78 is 1.35. The fourth-order valence-electron chi connectivity index (χ4n) is 2.83. The van der Waals surface area contributed by atoms with E-state index in [1.165, 1.54) is 26.2 Å². The molecule has 5 heteroatoms. The predicted octanol–water partition coefficient (Wildman–Crippen LogP) is 3.48. The maximum absolute atomic E-state index is 12.1. The number of fused-ring (bicyclic) bond motifs is 1. The molecule has 0 fully saturated rings. The van der Waals surface area contributed by atoms with Crippen molar-refractivity contribution < 1.29 is 4.79 Å². The molecule has 2 unspecified atom stereocenters. The van der Waals surface area contributed by atoms with Crippen LogP contribution in [0.1, 0.15) is 49.6 Å². The number of amides is 1. The van der Waals surface area contributed by atoms with Crippen molar-refractivity contribution in [3.05, 3.63) is 19.4 Å². The van der Waals surface area contributed by atoms with E-state index in [2.05, 4.69) is 53.1 Å². The molecule has 0 saturated heterocycles. The number of hydrogen-bond acceptors (Lipinski definition) is 3. The molecule has 1 aliphatic rings. The van der Waals surface area contributed by atoms with Gasteiger partial charge in [0.1, 0.15) is 0 Å². The van der Waals surface area contributed by atoms with Gasteiger partial charge in [0.25, 0.3) is 0 Å². The Morgan fingerprint density at radius 2 is 2.30 bits per heavy atom. The van der Waals surface area contributed by atoms with Crippen molar-refractivity contribution in [3.8, 4) is 0 Å². The van der Waals surface area contributed by atoms with Crippen LogP contribution in [0, 0.1) is 8.80 Å². The molecule has 2 rings (SSSR count). The molecule has 1 amide bonds. The summed E-state index contributed by atoms with van der Waals surface area (Å²) in [6.45, 7) is 4.33. The third-order valence-electron chi connectivity index (χ3n) is 3.76. The average molecular weight is 406 g/mol. The van der Waals surface area contributed by atoms with Gasteiger partial charge >= 0.3 is 0 Å². The van der Waals surface area contributed by atoms with Gasteiger partial charge in [-0.2, -0.15) is 0 Å². The topological polar surface area (TPSA) is 41.1 Å². The first-order valence-corrected chi connectivity index (χ1v) is 9.16. The molecule has 0 aromatic carbocycles. The van der Waals surface area contributed by atoms with Gasteiger partial charge in [0.2, 0.25) is 5.91 Å². The second-order valence-electron chi connectivity index (χ2n) is 5.84. The smallest absolute Gasteiger partial charge is 0.236 e. The summed E-state index contributed by atoms with van der Waals surface area (Å²) >= 11 is 4.29. The third kappa shape index (κ3) is 3.95. The first-order valence-electron chi connectivity index (χ1n) is 7.27. The second kappa shape index (κ2) is 7.22. The van der Waals surface area contributed by atoms with Gasteiger partial charge in [-0.3, -0.25) is 10.1 Å². The lowest BCUT2D eigenvalue weighted by Gasteiger charge is -2.29. The molecule has 0 spiro atoms. The highest BCUT2D eigenvalue weighted by atomic mass is 127. The van der Waals surface area contributed by atoms with E-state index in [1.807, 2.05) is 11.3 Å². The minimum atomic E-state index is -0.0893. The molecule has 0 saturated carbocycles. The number of nitrogens with one attached hydrogen (secondary N) is 2. The molecule has 2 atom stereocenters. The summed E-state index contributed by atoms with van der Waals surface area (Å²) in [5.74, 6) is 0.617. The first kappa shape index (κ1) is 16.2. The van der Waals surface area contributed by atoms with Crippen LogP contribution in [0.4, 0.5) is 0 Å². The Bertz CT molecular complexity index is 472. The van der Waals surface area contributed by atoms with Crippen LogP contribution in [-0.2, 0) is 11.2 Å². The fraction of sp³-hybridized carbons (Fsp3) is 0.667. The first-order chi connectivity index (χ1) is 9.51. The minimum absolute atomic E-state index is 0.0893. The maximum Gasteiger partial charge on any atom is 0.236 e. The predicted molar refractivity (Wildman–Crippen MR) is 93.2 cm³/mol. The van der Waals surface area contributed by atoms with E-state index in [9.17, 15) is 4.79 Å². The highest BCUT2D eigenvalue weighted by Gasteiger charge is 2.27. The normalized spacial score (nSPS) is 19.8. The van der Waals surface area contributed by atoms with Crippen molar-refractivity contribution >= 4 is 39.8 Å². The van der Waals surface area contributed by atoms with Crippen LogP contribution in [0.2, 0.25) is 0 Å². The van der Waals surface area contributed by atoms with Gasteiger partial charge in [0.15, 0.2) is 0 Å². The van der Waals surface area contributed by atoms with Crippen LogP contribution in [0.25, 0.3) is 0 Å². The molecule has 0 aliphatic heterocycles. The van der Waals surface area contributed by atoms with Crippen molar-refractivity contribution in [2.24, 2.45) is 5.92 Å². The van der Waals surface area contributed by atoms with E-state index in [1.54, 1.807) is 7.05 Å². The standard InChI is InChI=1S/C15H23IN2OS/c1-9(2)7-12(15(19)17-3)18-11-5-4-6-13-10(11)8-14(16)20-13/h8-9,11-12,18H,4-7H2,1-3H3,(H,17,19). The summed E-state index contributed by atoms with van der Waals surface area (Å²) in [6.07, 6.45) is 4.41. The number of aryl methyl sites for hydroxylation is 1. The molecule has 1 aliphatic carbocycles. The van der Waals surface area contributed by atoms with E-state index in [-0.39, 0.29) is 11.9 Å². The zero-order chi connectivity index (χ0) is 14.7. The summed E-state index contributed by atoms with van der Waals surface area (Å²) in [4.78, 5) is 13.6. The minimum Gasteiger partial charge on any atom is -0.358 e. The Kier molecular flexibility index (Phi) is 5.86. The van der Waals surface area contributed by atoms with E-state index < -0.39 is 0 Å². The molecule has 20 heavy (non-hydrogen) atoms. The van der Waals surface area contributed by atoms with Gasteiger partial charge in [0, 0.05) is 18.0 Å². The Morgan fingerprint density at radius 1 is 1.55 bits per heavy atom. The zero-order valence-corrected chi connectivity index (χ0v) is 15.3. The zero-order valence-electron chi connectivity index (χ0n) is 12.3. The van der Waals surface area contributed by atoms with E-state index in [0.717, 1.165) is 12.8 Å². The number of halogens is 1. The van der Waals surface area contributed by atoms with Gasteiger partial charge < -0.3 is 5.32 Å². The number of carbonyl (C=O) groups is 1. The van der Waals surface area contributed by atoms with Gasteiger partial charge in [-0.15, -0.1) is 11.3 Å². The van der Waals surface area contributed by atoms with Crippen LogP contribution in [-0.4, -0.2) is 19.0 Å². The Hall–Kier alpha value is -0.140. The van der Waals surface area contributed by atoms with Crippen molar-refractivity contribution in [1.82, 2.24) is 10.6 Å². The Morgan fingerprint density at radius 3 is 2.95 bits per heavy atom. The highest BCUT2D eigenvalue weighted by Crippen LogP contribution is 2.36. The molecule has 0 bridgehead atoms. The van der Waals surface area contributed by atoms with E-state index >= 15 is 0 Å². The third-order valence-corrected chi connectivity index (χ3v) is 5.73. The Balaban J connectivity index is 2.12. The number of thiophene rings is 1. The molecular formula is C15H23IN2OS. The lowest BCUT2D eigenvalue weighted by Crippen LogP contribution is -2.45. The van der Waals surface area contributed by atoms with Gasteiger partial charge in [-0.25, -0.2) is 0 Å². The second-order valence-corrected chi connectivity index (χ2v) is 8.87. The molecular weight excluding hydrogens is 383 g/mol. The van der Waals surface area contributed by atoms with Crippen LogP contribution >= 0.6 is 33.9 Å². The fourth-order valence-corrected chi connectivity index (χ4v) is 4.95. The number of hydrogen-bond donors (Lipinski definition) is 2. The van der Waals surface area contributed by atoms with Crippen molar-refractivity contribution in [1.29, 1.82) is 0 Å². The van der Waals surface area contributed by atoms with Crippen molar-refractivity contribution in [2.75, 3.05) is 7.05 Å². The van der Waals surface area contributed by atoms with Crippen LogP contribution in [0.5, 0.6) is 0 Å². The van der Waals surface area contributed by atoms with Crippen LogP contribution in [0.15, 0.2) is 6.07 Å². The quantitative estimate of drug-likeness (QED) is 0.736. The lowest BCUT2D eigenvalue weighted by atomic mass is 9.92. The SMILES string of the molecule is CNC(=O)C(CC(C)C)NC1CCCc2sc(I)cc21. The number of rotatable bonds is 5. The Labute approximate surface area is 139 Å². The highest BCUT2D eigenvalue weighted by molar-refractivity contribution is 14.1. The summed E-state index contributed by atoms with van der Waals surface area (Å²) in [6, 6.07) is 2.53. The molecule has 3 nitrogen and oxygen atoms in total. The lowest BCUT2D eigenvalue weighted by molar-refractivity contribution is -0.123. The van der Waals surface area contributed by atoms with E-state index in [4.69, 9.17) is 0 Å². The summed E-state index contributed by atoms with van der Waals surface area (Å²) in [7, 11) is 1.72. The molecule has 1 aromatic heterocycles. The van der Waals surface area contributed by atoms with Crippen LogP contribution in [0.3, 0.4) is 0 Å². The molecule has 1 heterocycles. The monoisotopic (exact) mass is 406 g/mol. The molecule has 2 N–H and O–H groups in total. The van der Waals surface area contributed by atoms with Crippen molar-refractivity contribution in [2.45, 2.75) is 51.6 Å². The van der Waals surface area contributed by atoms with Gasteiger partial charge in [-0.05, 0) is 65.8 Å². The number of carbonyl (C=O) groups excluding carboxylic acids is 1. The molecule has 1 aromatic rings. The average Bonchev–Trinajstić information content (AvgIpc) is 2.78. The van der Waals surface area contributed by atoms with Crippen LogP contribution < -0.4 is 10.6 Å². The van der Waals surface area contributed by atoms with Crippen molar-refractivity contribution in [3.63, 3.8) is 0 Å². The van der Waals surface area contributed by atoms with Gasteiger partial charge in [-0.1, -0.05) is 13.8 Å². The molecule has 0 radical (unpaired) electrons. The van der Waals surface area contributed by atoms with E-state index in [0.29, 0.717) is 12.0 Å². The number of likely N-dealkylation sites (N-methyl/N-ethyl adjacent to an activating group) is 1.